The molecule has 0 fully saturated rings. The Labute approximate surface area is 75.9 Å². The Kier molecular flexibility index (Phi) is 21.0. The van der Waals surface area contributed by atoms with E-state index in [2.05, 4.69) is 41.5 Å². The summed E-state index contributed by atoms with van der Waals surface area (Å²) in [4.78, 5) is 0. The van der Waals surface area contributed by atoms with Crippen LogP contribution in [-0.2, 0) is 22.4 Å². The molecule has 0 aliphatic heterocycles. The first-order chi connectivity index (χ1) is 3.46. The summed E-state index contributed by atoms with van der Waals surface area (Å²) in [7, 11) is 0. The van der Waals surface area contributed by atoms with Gasteiger partial charge in [-0.1, -0.05) is 27.7 Å². The summed E-state index contributed by atoms with van der Waals surface area (Å²) in [6.07, 6.45) is 0. The first-order valence-corrected chi connectivity index (χ1v) is 3.13. The first kappa shape index (κ1) is 16.4. The zero-order valence-corrected chi connectivity index (χ0v) is 9.04. The van der Waals surface area contributed by atoms with Crippen LogP contribution in [0.5, 0.6) is 0 Å². The fourth-order valence-corrected chi connectivity index (χ4v) is 0. The van der Waals surface area contributed by atoms with Gasteiger partial charge in [-0.05, 0) is 0 Å². The molecule has 60 valence electrons. The molecule has 0 radical (unpaired) electrons. The third-order valence-electron chi connectivity index (χ3n) is 0. The van der Waals surface area contributed by atoms with Gasteiger partial charge in [0.1, 0.15) is 0 Å². The Morgan fingerprint density at radius 2 is 0.778 bits per heavy atom. The van der Waals surface area contributed by atoms with Crippen molar-refractivity contribution in [3.8, 4) is 0 Å². The molecule has 0 aromatic carbocycles. The van der Waals surface area contributed by atoms with Crippen LogP contribution in [0.2, 0.25) is 0 Å². The second-order valence-corrected chi connectivity index (χ2v) is 2.79. The first-order valence-electron chi connectivity index (χ1n) is 3.13. The molecule has 0 saturated heterocycles. The van der Waals surface area contributed by atoms with Gasteiger partial charge in [-0.25, -0.2) is 0 Å². The molecule has 0 aliphatic carbocycles. The van der Waals surface area contributed by atoms with E-state index in [4.69, 9.17) is 0 Å². The van der Waals surface area contributed by atoms with Gasteiger partial charge in [-0.3, -0.25) is 0 Å². The fraction of sp³-hybridized carbons (Fsp3) is 0.750. The zero-order chi connectivity index (χ0) is 7.15. The van der Waals surface area contributed by atoms with Crippen LogP contribution in [0.1, 0.15) is 27.7 Å². The Hall–Kier alpha value is 0.740. The molecule has 0 bridgehead atoms. The standard InChI is InChI=1S/2C4H9.Au/c2*1-4(2)3;/h2*4H,1H2,2-3H3;/q2*-1;+3. The minimum atomic E-state index is 0. The summed E-state index contributed by atoms with van der Waals surface area (Å²) >= 11 is 0. The average molecular weight is 311 g/mol. The summed E-state index contributed by atoms with van der Waals surface area (Å²) in [5.41, 5.74) is 0. The SMILES string of the molecule is [Au+3].[CH2-]C(C)C.[CH2-]C(C)C. The van der Waals surface area contributed by atoms with E-state index in [9.17, 15) is 0 Å². The molecule has 1 heteroatoms. The van der Waals surface area contributed by atoms with Crippen LogP contribution in [0.4, 0.5) is 0 Å². The minimum Gasteiger partial charge on any atom is -0.341 e. The Bertz CT molecular complexity index is 20.0. The fourth-order valence-electron chi connectivity index (χ4n) is 0. The predicted molar refractivity (Wildman–Crippen MR) is 40.4 cm³/mol. The van der Waals surface area contributed by atoms with E-state index in [-0.39, 0.29) is 22.4 Å². The average Bonchev–Trinajstić information content (AvgIpc) is 1.25. The van der Waals surface area contributed by atoms with Gasteiger partial charge in [0.05, 0.1) is 0 Å². The summed E-state index contributed by atoms with van der Waals surface area (Å²) in [6, 6.07) is 0. The maximum absolute atomic E-state index is 3.64. The molecule has 0 aromatic heterocycles. The van der Waals surface area contributed by atoms with E-state index in [0.717, 1.165) is 0 Å². The van der Waals surface area contributed by atoms with E-state index in [1.807, 2.05) is 0 Å². The molecule has 0 saturated carbocycles. The Balaban J connectivity index is -0.0000000720. The van der Waals surface area contributed by atoms with Gasteiger partial charge in [-0.2, -0.15) is 11.8 Å². The van der Waals surface area contributed by atoms with Crippen LogP contribution < -0.4 is 0 Å². The van der Waals surface area contributed by atoms with E-state index in [1.165, 1.54) is 0 Å². The van der Waals surface area contributed by atoms with Gasteiger partial charge >= 0.3 is 22.4 Å². The van der Waals surface area contributed by atoms with Crippen molar-refractivity contribution < 1.29 is 22.4 Å². The number of hydrogen-bond donors (Lipinski definition) is 0. The van der Waals surface area contributed by atoms with Crippen LogP contribution in [0, 0.1) is 25.7 Å². The smallest absolute Gasteiger partial charge is 0.341 e. The van der Waals surface area contributed by atoms with Gasteiger partial charge in [0.15, 0.2) is 0 Å². The van der Waals surface area contributed by atoms with Gasteiger partial charge < -0.3 is 13.8 Å². The van der Waals surface area contributed by atoms with E-state index in [1.54, 1.807) is 0 Å². The monoisotopic (exact) mass is 311 g/mol. The Morgan fingerprint density at radius 1 is 0.778 bits per heavy atom. The summed E-state index contributed by atoms with van der Waals surface area (Å²) in [5, 5.41) is 0. The van der Waals surface area contributed by atoms with Crippen LogP contribution >= 0.6 is 0 Å². The topological polar surface area (TPSA) is 0 Å². The Morgan fingerprint density at radius 3 is 0.778 bits per heavy atom. The van der Waals surface area contributed by atoms with E-state index >= 15 is 0 Å². The number of rotatable bonds is 0. The van der Waals surface area contributed by atoms with Crippen LogP contribution in [0.15, 0.2) is 0 Å². The van der Waals surface area contributed by atoms with E-state index in [0.29, 0.717) is 11.8 Å². The third kappa shape index (κ3) is 725. The van der Waals surface area contributed by atoms with Crippen LogP contribution in [0.3, 0.4) is 0 Å². The van der Waals surface area contributed by atoms with Gasteiger partial charge in [0.25, 0.3) is 0 Å². The van der Waals surface area contributed by atoms with Crippen molar-refractivity contribution in [3.63, 3.8) is 0 Å². The summed E-state index contributed by atoms with van der Waals surface area (Å²) < 4.78 is 0. The van der Waals surface area contributed by atoms with Gasteiger partial charge in [0, 0.05) is 0 Å². The number of hydrogen-bond acceptors (Lipinski definition) is 0. The van der Waals surface area contributed by atoms with Crippen molar-refractivity contribution in [2.45, 2.75) is 27.7 Å². The van der Waals surface area contributed by atoms with Crippen molar-refractivity contribution >= 4 is 0 Å². The van der Waals surface area contributed by atoms with Crippen molar-refractivity contribution in [1.82, 2.24) is 0 Å². The van der Waals surface area contributed by atoms with Gasteiger partial charge in [0.2, 0.25) is 0 Å². The summed E-state index contributed by atoms with van der Waals surface area (Å²) in [5.74, 6) is 1.17. The van der Waals surface area contributed by atoms with Gasteiger partial charge in [-0.15, -0.1) is 0 Å². The molecule has 0 N–H and O–H groups in total. The molecule has 0 unspecified atom stereocenters. The molecular weight excluding hydrogens is 293 g/mol. The summed E-state index contributed by atoms with van der Waals surface area (Å²) in [6.45, 7) is 15.5. The predicted octanol–water partition coefficient (Wildman–Crippen LogP) is 2.95. The van der Waals surface area contributed by atoms with Crippen LogP contribution in [-0.4, -0.2) is 0 Å². The molecule has 0 heterocycles. The molecule has 0 nitrogen and oxygen atoms in total. The van der Waals surface area contributed by atoms with Crippen molar-refractivity contribution in [2.75, 3.05) is 0 Å². The maximum atomic E-state index is 3.64. The molecule has 0 aliphatic rings. The normalized spacial score (nSPS) is 8.00. The molecule has 0 atom stereocenters. The van der Waals surface area contributed by atoms with Crippen molar-refractivity contribution in [1.29, 1.82) is 0 Å². The molecule has 0 spiro atoms. The second kappa shape index (κ2) is 11.5. The zero-order valence-electron chi connectivity index (χ0n) is 6.87. The largest absolute Gasteiger partial charge is 3.00 e. The van der Waals surface area contributed by atoms with Crippen molar-refractivity contribution in [3.05, 3.63) is 13.8 Å². The van der Waals surface area contributed by atoms with Crippen LogP contribution in [0.25, 0.3) is 0 Å². The molecule has 0 amide bonds. The molecule has 9 heavy (non-hydrogen) atoms. The third-order valence-corrected chi connectivity index (χ3v) is 0. The maximum Gasteiger partial charge on any atom is 3.00 e. The molecule has 0 aromatic rings. The second-order valence-electron chi connectivity index (χ2n) is 2.79. The minimum absolute atomic E-state index is 0. The molecular formula is C8H18Au+. The quantitative estimate of drug-likeness (QED) is 0.477. The van der Waals surface area contributed by atoms with Crippen molar-refractivity contribution in [2.24, 2.45) is 11.8 Å². The molecule has 0 rings (SSSR count). The van der Waals surface area contributed by atoms with E-state index < -0.39 is 0 Å².